The van der Waals surface area contributed by atoms with E-state index in [2.05, 4.69) is 39.8 Å². The number of aromatic nitrogens is 2. The number of nitrogens with two attached hydrogens (primary N) is 1. The quantitative estimate of drug-likeness (QED) is 0.521. The third kappa shape index (κ3) is 5.85. The van der Waals surface area contributed by atoms with Crippen LogP contribution < -0.4 is 15.8 Å². The van der Waals surface area contributed by atoms with Crippen LogP contribution in [0, 0.1) is 6.92 Å². The van der Waals surface area contributed by atoms with Crippen molar-refractivity contribution in [2.45, 2.75) is 38.8 Å². The zero-order valence-electron chi connectivity index (χ0n) is 16.9. The van der Waals surface area contributed by atoms with E-state index < -0.39 is 6.04 Å². The number of hydrogen-bond acceptors (Lipinski definition) is 7. The molecule has 0 fully saturated rings. The molecule has 1 heterocycles. The maximum Gasteiger partial charge on any atom is 0.203 e. The van der Waals surface area contributed by atoms with Crippen LogP contribution in [-0.4, -0.2) is 34.3 Å². The highest BCUT2D eigenvalue weighted by Crippen LogP contribution is 2.20. The second-order valence-corrected chi connectivity index (χ2v) is 7.94. The molecule has 0 radical (unpaired) electrons. The van der Waals surface area contributed by atoms with E-state index in [1.807, 2.05) is 13.0 Å². The molecule has 2 unspecified atom stereocenters. The van der Waals surface area contributed by atoms with E-state index >= 15 is 0 Å². The first-order valence-electron chi connectivity index (χ1n) is 9.53. The summed E-state index contributed by atoms with van der Waals surface area (Å²) in [6, 6.07) is 14.8. The number of nitrogens with one attached hydrogen (secondary N) is 1. The Kier molecular flexibility index (Phi) is 6.95. The first kappa shape index (κ1) is 21.0. The zero-order valence-corrected chi connectivity index (χ0v) is 17.7. The van der Waals surface area contributed by atoms with E-state index in [0.717, 1.165) is 11.4 Å². The SMILES string of the molecule is COc1ccc(C(=O)C(CC(C)N)Nc2nc(Cc3cccc(C)c3)ns2)cc1. The summed E-state index contributed by atoms with van der Waals surface area (Å²) in [6.07, 6.45) is 1.15. The van der Waals surface area contributed by atoms with E-state index in [1.54, 1.807) is 31.4 Å². The van der Waals surface area contributed by atoms with Crippen molar-refractivity contribution in [2.24, 2.45) is 5.73 Å². The Morgan fingerprint density at radius 1 is 1.24 bits per heavy atom. The molecule has 2 aromatic carbocycles. The number of carbonyl (C=O) groups excluding carboxylic acids is 1. The molecule has 0 saturated heterocycles. The highest BCUT2D eigenvalue weighted by molar-refractivity contribution is 7.09. The van der Waals surface area contributed by atoms with Crippen molar-refractivity contribution in [3.8, 4) is 5.75 Å². The molecule has 0 aliphatic heterocycles. The van der Waals surface area contributed by atoms with Gasteiger partial charge in [0.1, 0.15) is 11.6 Å². The minimum Gasteiger partial charge on any atom is -0.497 e. The molecule has 0 aliphatic rings. The number of ether oxygens (including phenoxy) is 1. The Morgan fingerprint density at radius 3 is 2.66 bits per heavy atom. The first-order valence-corrected chi connectivity index (χ1v) is 10.3. The summed E-state index contributed by atoms with van der Waals surface area (Å²) in [5, 5.41) is 3.86. The van der Waals surface area contributed by atoms with Crippen molar-refractivity contribution in [1.82, 2.24) is 9.36 Å². The van der Waals surface area contributed by atoms with Crippen molar-refractivity contribution in [1.29, 1.82) is 0 Å². The molecule has 3 N–H and O–H groups in total. The van der Waals surface area contributed by atoms with Gasteiger partial charge in [-0.25, -0.2) is 4.98 Å². The molecular weight excluding hydrogens is 384 g/mol. The van der Waals surface area contributed by atoms with E-state index in [0.29, 0.717) is 29.3 Å². The van der Waals surface area contributed by atoms with E-state index in [-0.39, 0.29) is 11.8 Å². The number of aryl methyl sites for hydroxylation is 1. The molecule has 2 atom stereocenters. The lowest BCUT2D eigenvalue weighted by Gasteiger charge is -2.19. The standard InChI is InChI=1S/C22H26N4O2S/c1-14-5-4-6-16(11-14)13-20-25-22(29-26-20)24-19(12-15(2)23)21(27)17-7-9-18(28-3)10-8-17/h4-11,15,19H,12-13,23H2,1-3H3,(H,24,25,26). The third-order valence-electron chi connectivity index (χ3n) is 4.51. The smallest absolute Gasteiger partial charge is 0.203 e. The van der Waals surface area contributed by atoms with Gasteiger partial charge in [-0.15, -0.1) is 0 Å². The monoisotopic (exact) mass is 410 g/mol. The summed E-state index contributed by atoms with van der Waals surface area (Å²) >= 11 is 1.26. The van der Waals surface area contributed by atoms with Crippen LogP contribution in [0.1, 0.15) is 40.7 Å². The summed E-state index contributed by atoms with van der Waals surface area (Å²) in [7, 11) is 1.60. The summed E-state index contributed by atoms with van der Waals surface area (Å²) in [5.74, 6) is 1.42. The largest absolute Gasteiger partial charge is 0.497 e. The Hall–Kier alpha value is -2.77. The van der Waals surface area contributed by atoms with Gasteiger partial charge >= 0.3 is 0 Å². The van der Waals surface area contributed by atoms with Crippen LogP contribution in [0.5, 0.6) is 5.75 Å². The van der Waals surface area contributed by atoms with Crippen molar-refractivity contribution < 1.29 is 9.53 Å². The number of Topliss-reactive ketones (excluding diaryl/α,β-unsaturated/α-hetero) is 1. The van der Waals surface area contributed by atoms with Gasteiger partial charge in [0.15, 0.2) is 5.78 Å². The van der Waals surface area contributed by atoms with Gasteiger partial charge in [-0.05, 0) is 50.1 Å². The highest BCUT2D eigenvalue weighted by atomic mass is 32.1. The predicted octanol–water partition coefficient (Wildman–Crippen LogP) is 3.85. The lowest BCUT2D eigenvalue weighted by atomic mass is 9.99. The van der Waals surface area contributed by atoms with Crippen LogP contribution in [0.15, 0.2) is 48.5 Å². The molecular formula is C22H26N4O2S. The molecule has 29 heavy (non-hydrogen) atoms. The van der Waals surface area contributed by atoms with Gasteiger partial charge < -0.3 is 15.8 Å². The third-order valence-corrected chi connectivity index (χ3v) is 5.19. The van der Waals surface area contributed by atoms with Gasteiger partial charge in [0, 0.05) is 29.6 Å². The lowest BCUT2D eigenvalue weighted by molar-refractivity contribution is 0.0963. The van der Waals surface area contributed by atoms with Crippen molar-refractivity contribution in [3.63, 3.8) is 0 Å². The van der Waals surface area contributed by atoms with Gasteiger partial charge in [0.25, 0.3) is 0 Å². The molecule has 0 spiro atoms. The van der Waals surface area contributed by atoms with E-state index in [4.69, 9.17) is 10.5 Å². The minimum atomic E-state index is -0.469. The first-order chi connectivity index (χ1) is 13.9. The van der Waals surface area contributed by atoms with E-state index in [9.17, 15) is 4.79 Å². The fourth-order valence-electron chi connectivity index (χ4n) is 3.10. The summed E-state index contributed by atoms with van der Waals surface area (Å²) in [4.78, 5) is 17.6. The Morgan fingerprint density at radius 2 is 2.00 bits per heavy atom. The zero-order chi connectivity index (χ0) is 20.8. The number of methoxy groups -OCH3 is 1. The Bertz CT molecular complexity index is 953. The molecule has 0 amide bonds. The van der Waals surface area contributed by atoms with Crippen LogP contribution in [0.4, 0.5) is 5.13 Å². The lowest BCUT2D eigenvalue weighted by Crippen LogP contribution is -2.35. The number of anilines is 1. The van der Waals surface area contributed by atoms with Crippen molar-refractivity contribution >= 4 is 22.4 Å². The molecule has 0 bridgehead atoms. The van der Waals surface area contributed by atoms with Crippen molar-refractivity contribution in [2.75, 3.05) is 12.4 Å². The average molecular weight is 411 g/mol. The molecule has 3 rings (SSSR count). The summed E-state index contributed by atoms with van der Waals surface area (Å²) in [5.41, 5.74) is 8.96. The van der Waals surface area contributed by atoms with Crippen LogP contribution in [-0.2, 0) is 6.42 Å². The maximum atomic E-state index is 13.0. The molecule has 6 nitrogen and oxygen atoms in total. The molecule has 7 heteroatoms. The van der Waals surface area contributed by atoms with Gasteiger partial charge in [-0.2, -0.15) is 4.37 Å². The van der Waals surface area contributed by atoms with Gasteiger partial charge in [-0.3, -0.25) is 4.79 Å². The van der Waals surface area contributed by atoms with Gasteiger partial charge in [-0.1, -0.05) is 29.8 Å². The minimum absolute atomic E-state index is 0.0274. The number of rotatable bonds is 9. The van der Waals surface area contributed by atoms with Crippen LogP contribution in [0.2, 0.25) is 0 Å². The average Bonchev–Trinajstić information content (AvgIpc) is 3.13. The van der Waals surface area contributed by atoms with E-state index in [1.165, 1.54) is 17.1 Å². The predicted molar refractivity (Wildman–Crippen MR) is 117 cm³/mol. The topological polar surface area (TPSA) is 90.1 Å². The fraction of sp³-hybridized carbons (Fsp3) is 0.318. The van der Waals surface area contributed by atoms with Gasteiger partial charge in [0.05, 0.1) is 13.2 Å². The summed E-state index contributed by atoms with van der Waals surface area (Å²) < 4.78 is 9.60. The molecule has 3 aromatic rings. The fourth-order valence-corrected chi connectivity index (χ4v) is 3.74. The number of benzene rings is 2. The van der Waals surface area contributed by atoms with Crippen LogP contribution in [0.3, 0.4) is 0 Å². The normalized spacial score (nSPS) is 13.0. The molecule has 0 saturated carbocycles. The number of ketones is 1. The number of carbonyl (C=O) groups is 1. The second kappa shape index (κ2) is 9.62. The number of nitrogens with zero attached hydrogens (tertiary/aromatic N) is 2. The maximum absolute atomic E-state index is 13.0. The van der Waals surface area contributed by atoms with Gasteiger partial charge in [0.2, 0.25) is 5.13 Å². The second-order valence-electron chi connectivity index (χ2n) is 7.18. The number of hydrogen-bond donors (Lipinski definition) is 2. The summed E-state index contributed by atoms with van der Waals surface area (Å²) in [6.45, 7) is 3.95. The highest BCUT2D eigenvalue weighted by Gasteiger charge is 2.23. The molecule has 1 aromatic heterocycles. The molecule has 152 valence electrons. The van der Waals surface area contributed by atoms with Crippen LogP contribution >= 0.6 is 11.5 Å². The molecule has 0 aliphatic carbocycles. The van der Waals surface area contributed by atoms with Crippen molar-refractivity contribution in [3.05, 3.63) is 71.0 Å². The van der Waals surface area contributed by atoms with Crippen LogP contribution in [0.25, 0.3) is 0 Å². The Balaban J connectivity index is 1.73. The Labute approximate surface area is 175 Å².